The van der Waals surface area contributed by atoms with Gasteiger partial charge < -0.3 is 5.32 Å². The van der Waals surface area contributed by atoms with Crippen LogP contribution in [-0.4, -0.2) is 30.6 Å². The highest BCUT2D eigenvalue weighted by Crippen LogP contribution is 2.44. The molecule has 0 spiro atoms. The van der Waals surface area contributed by atoms with Crippen molar-refractivity contribution < 1.29 is 13.2 Å². The Morgan fingerprint density at radius 3 is 2.56 bits per heavy atom. The standard InChI is InChI=1S/C10H16N4O3S/c1-5-8(18(11,16)17)7(14-13-5)9(15)12-6-4-10(6,2)3/h6H,4H2,1-3H3,(H,12,15)(H,13,14)(H2,11,16,17). The van der Waals surface area contributed by atoms with Crippen LogP contribution in [0.15, 0.2) is 4.90 Å². The highest BCUT2D eigenvalue weighted by molar-refractivity contribution is 7.89. The number of nitrogens with one attached hydrogen (secondary N) is 2. The Bertz CT molecular complexity index is 603. The number of H-pyrrole nitrogens is 1. The molecule has 0 bridgehead atoms. The van der Waals surface area contributed by atoms with Crippen molar-refractivity contribution in [2.45, 2.75) is 38.1 Å². The number of primary sulfonamides is 1. The number of aromatic amines is 1. The molecule has 4 N–H and O–H groups in total. The molecule has 1 aliphatic rings. The van der Waals surface area contributed by atoms with Gasteiger partial charge in [0.25, 0.3) is 5.91 Å². The summed E-state index contributed by atoms with van der Waals surface area (Å²) in [5, 5.41) is 14.0. The van der Waals surface area contributed by atoms with E-state index in [1.54, 1.807) is 0 Å². The predicted molar refractivity (Wildman–Crippen MR) is 64.4 cm³/mol. The van der Waals surface area contributed by atoms with E-state index in [2.05, 4.69) is 15.5 Å². The Balaban J connectivity index is 2.27. The van der Waals surface area contributed by atoms with Gasteiger partial charge in [0.05, 0.1) is 5.69 Å². The van der Waals surface area contributed by atoms with Crippen LogP contribution in [-0.2, 0) is 10.0 Å². The molecular weight excluding hydrogens is 256 g/mol. The summed E-state index contributed by atoms with van der Waals surface area (Å²) in [5.74, 6) is -0.515. The van der Waals surface area contributed by atoms with Gasteiger partial charge in [-0.3, -0.25) is 9.89 Å². The maximum absolute atomic E-state index is 12.0. The Kier molecular flexibility index (Phi) is 2.74. The first-order valence-electron chi connectivity index (χ1n) is 5.51. The van der Waals surface area contributed by atoms with Crippen LogP contribution in [0.4, 0.5) is 0 Å². The van der Waals surface area contributed by atoms with E-state index in [0.29, 0.717) is 0 Å². The second kappa shape index (κ2) is 3.79. The molecule has 1 saturated carbocycles. The minimum atomic E-state index is -3.96. The molecule has 1 unspecified atom stereocenters. The van der Waals surface area contributed by atoms with E-state index in [0.717, 1.165) is 6.42 Å². The maximum atomic E-state index is 12.0. The Hall–Kier alpha value is -1.41. The molecule has 0 aliphatic heterocycles. The normalized spacial score (nSPS) is 21.7. The number of carbonyl (C=O) groups excluding carboxylic acids is 1. The smallest absolute Gasteiger partial charge is 0.273 e. The minimum absolute atomic E-state index is 0.0512. The van der Waals surface area contributed by atoms with Crippen LogP contribution >= 0.6 is 0 Å². The number of aryl methyl sites for hydroxylation is 1. The van der Waals surface area contributed by atoms with Crippen LogP contribution in [0, 0.1) is 12.3 Å². The van der Waals surface area contributed by atoms with Crippen LogP contribution in [0.3, 0.4) is 0 Å². The number of carbonyl (C=O) groups is 1. The van der Waals surface area contributed by atoms with Gasteiger partial charge in [0, 0.05) is 6.04 Å². The molecule has 18 heavy (non-hydrogen) atoms. The zero-order valence-electron chi connectivity index (χ0n) is 10.4. The first kappa shape index (κ1) is 13.0. The van der Waals surface area contributed by atoms with E-state index in [1.165, 1.54) is 6.92 Å². The van der Waals surface area contributed by atoms with Gasteiger partial charge in [-0.05, 0) is 18.8 Å². The number of nitrogens with two attached hydrogens (primary N) is 1. The molecule has 100 valence electrons. The van der Waals surface area contributed by atoms with Gasteiger partial charge in [-0.1, -0.05) is 13.8 Å². The van der Waals surface area contributed by atoms with Crippen molar-refractivity contribution in [2.75, 3.05) is 0 Å². The summed E-state index contributed by atoms with van der Waals surface area (Å²) in [6.07, 6.45) is 0.868. The van der Waals surface area contributed by atoms with Crippen LogP contribution in [0.2, 0.25) is 0 Å². The van der Waals surface area contributed by atoms with Crippen molar-refractivity contribution in [3.05, 3.63) is 11.4 Å². The SMILES string of the molecule is Cc1[nH]nc(C(=O)NC2CC2(C)C)c1S(N)(=O)=O. The highest BCUT2D eigenvalue weighted by Gasteiger charge is 2.47. The fourth-order valence-corrected chi connectivity index (χ4v) is 2.74. The highest BCUT2D eigenvalue weighted by atomic mass is 32.2. The molecule has 8 heteroatoms. The fourth-order valence-electron chi connectivity index (χ4n) is 1.86. The van der Waals surface area contributed by atoms with Crippen LogP contribution < -0.4 is 10.5 Å². The fraction of sp³-hybridized carbons (Fsp3) is 0.600. The molecule has 7 nitrogen and oxygen atoms in total. The molecule has 1 heterocycles. The van der Waals surface area contributed by atoms with Crippen molar-refractivity contribution in [1.82, 2.24) is 15.5 Å². The van der Waals surface area contributed by atoms with E-state index < -0.39 is 15.9 Å². The van der Waals surface area contributed by atoms with Gasteiger partial charge in [-0.2, -0.15) is 5.10 Å². The van der Waals surface area contributed by atoms with Crippen molar-refractivity contribution in [2.24, 2.45) is 10.6 Å². The summed E-state index contributed by atoms with van der Waals surface area (Å²) in [6, 6.07) is 0.0512. The number of rotatable bonds is 3. The van der Waals surface area contributed by atoms with E-state index in [9.17, 15) is 13.2 Å². The largest absolute Gasteiger partial charge is 0.347 e. The molecular formula is C10H16N4O3S. The topological polar surface area (TPSA) is 118 Å². The summed E-state index contributed by atoms with van der Waals surface area (Å²) in [5.41, 5.74) is 0.151. The lowest BCUT2D eigenvalue weighted by atomic mass is 10.2. The van der Waals surface area contributed by atoms with Gasteiger partial charge >= 0.3 is 0 Å². The number of hydrogen-bond donors (Lipinski definition) is 3. The first-order valence-corrected chi connectivity index (χ1v) is 7.06. The van der Waals surface area contributed by atoms with Crippen LogP contribution in [0.5, 0.6) is 0 Å². The quantitative estimate of drug-likeness (QED) is 0.711. The molecule has 1 fully saturated rings. The van der Waals surface area contributed by atoms with Gasteiger partial charge in [0.15, 0.2) is 5.69 Å². The van der Waals surface area contributed by atoms with Crippen LogP contribution in [0.25, 0.3) is 0 Å². The average Bonchev–Trinajstić information content (AvgIpc) is 2.62. The second-order valence-corrected chi connectivity index (χ2v) is 6.79. The van der Waals surface area contributed by atoms with E-state index in [4.69, 9.17) is 5.14 Å². The third kappa shape index (κ3) is 2.25. The Labute approximate surface area is 105 Å². The summed E-state index contributed by atoms with van der Waals surface area (Å²) in [4.78, 5) is 11.7. The summed E-state index contributed by atoms with van der Waals surface area (Å²) in [7, 11) is -3.96. The zero-order chi connectivity index (χ0) is 13.7. The third-order valence-electron chi connectivity index (χ3n) is 3.21. The van der Waals surface area contributed by atoms with Crippen molar-refractivity contribution in [3.63, 3.8) is 0 Å². The lowest BCUT2D eigenvalue weighted by Crippen LogP contribution is -2.30. The van der Waals surface area contributed by atoms with Crippen molar-refractivity contribution in [1.29, 1.82) is 0 Å². The molecule has 0 saturated heterocycles. The van der Waals surface area contributed by atoms with Crippen molar-refractivity contribution in [3.8, 4) is 0 Å². The number of aromatic nitrogens is 2. The first-order chi connectivity index (χ1) is 8.13. The maximum Gasteiger partial charge on any atom is 0.273 e. The zero-order valence-corrected chi connectivity index (χ0v) is 11.3. The van der Waals surface area contributed by atoms with Gasteiger partial charge in [-0.15, -0.1) is 0 Å². The Morgan fingerprint density at radius 1 is 1.56 bits per heavy atom. The molecule has 1 atom stereocenters. The molecule has 1 aromatic heterocycles. The lowest BCUT2D eigenvalue weighted by molar-refractivity contribution is 0.0938. The number of amides is 1. The number of sulfonamides is 1. The summed E-state index contributed by atoms with van der Waals surface area (Å²) in [6.45, 7) is 5.55. The monoisotopic (exact) mass is 272 g/mol. The van der Waals surface area contributed by atoms with Gasteiger partial charge in [0.2, 0.25) is 10.0 Å². The number of hydrogen-bond acceptors (Lipinski definition) is 4. The molecule has 1 aromatic rings. The van der Waals surface area contributed by atoms with E-state index in [-0.39, 0.29) is 27.7 Å². The molecule has 1 amide bonds. The molecule has 0 radical (unpaired) electrons. The summed E-state index contributed by atoms with van der Waals surface area (Å²) >= 11 is 0. The average molecular weight is 272 g/mol. The van der Waals surface area contributed by atoms with Gasteiger partial charge in [-0.25, -0.2) is 13.6 Å². The van der Waals surface area contributed by atoms with E-state index >= 15 is 0 Å². The number of nitrogens with zero attached hydrogens (tertiary/aromatic N) is 1. The van der Waals surface area contributed by atoms with Crippen LogP contribution in [0.1, 0.15) is 36.5 Å². The second-order valence-electron chi connectivity index (χ2n) is 5.29. The lowest BCUT2D eigenvalue weighted by Gasteiger charge is -2.06. The minimum Gasteiger partial charge on any atom is -0.347 e. The Morgan fingerprint density at radius 2 is 2.11 bits per heavy atom. The van der Waals surface area contributed by atoms with E-state index in [1.807, 2.05) is 13.8 Å². The predicted octanol–water partition coefficient (Wildman–Crippen LogP) is -0.106. The molecule has 0 aromatic carbocycles. The molecule has 1 aliphatic carbocycles. The third-order valence-corrected chi connectivity index (χ3v) is 4.28. The van der Waals surface area contributed by atoms with Gasteiger partial charge in [0.1, 0.15) is 4.90 Å². The van der Waals surface area contributed by atoms with Crippen molar-refractivity contribution >= 4 is 15.9 Å². The molecule has 2 rings (SSSR count). The summed E-state index contributed by atoms with van der Waals surface area (Å²) < 4.78 is 22.8.